The number of para-hydroxylation sites is 2. The Labute approximate surface area is 263 Å². The van der Waals surface area contributed by atoms with Crippen molar-refractivity contribution in [3.05, 3.63) is 42.6 Å². The van der Waals surface area contributed by atoms with Crippen LogP contribution in [-0.2, 0) is 0 Å². The van der Waals surface area contributed by atoms with Crippen LogP contribution in [0.1, 0.15) is 52.9 Å². The summed E-state index contributed by atoms with van der Waals surface area (Å²) >= 11 is 0. The molecule has 8 nitrogen and oxygen atoms in total. The number of amides is 2. The highest BCUT2D eigenvalue weighted by Crippen LogP contribution is 2.63. The second-order valence-electron chi connectivity index (χ2n) is 15.1. The number of urea groups is 1. The van der Waals surface area contributed by atoms with Crippen molar-refractivity contribution in [3.8, 4) is 0 Å². The molecule has 4 saturated carbocycles. The van der Waals surface area contributed by atoms with E-state index in [1.165, 1.54) is 0 Å². The predicted molar refractivity (Wildman–Crippen MR) is 169 cm³/mol. The minimum Gasteiger partial charge on any atom is -0.383 e. The van der Waals surface area contributed by atoms with Gasteiger partial charge in [0, 0.05) is 56.3 Å². The van der Waals surface area contributed by atoms with Crippen LogP contribution < -0.4 is 20.0 Å². The van der Waals surface area contributed by atoms with Crippen LogP contribution in [0.4, 0.5) is 40.8 Å². The van der Waals surface area contributed by atoms with Crippen molar-refractivity contribution in [2.75, 3.05) is 54.0 Å². The SMILES string of the molecule is CC(C)(C)N1CCN(c2ccc(N3CCN(C(=O)NC4C5CC6CC4CC(C(O)C(F)(F)F)(C6)C5)c4ccccc43)nc2)CC1. The zero-order valence-electron chi connectivity index (χ0n) is 26.4. The van der Waals surface area contributed by atoms with Gasteiger partial charge >= 0.3 is 12.2 Å². The van der Waals surface area contributed by atoms with Crippen LogP contribution in [0.15, 0.2) is 42.6 Å². The maximum atomic E-state index is 13.8. The predicted octanol–water partition coefficient (Wildman–Crippen LogP) is 5.79. The molecular weight excluding hydrogens is 581 g/mol. The van der Waals surface area contributed by atoms with Gasteiger partial charge in [0.15, 0.2) is 6.10 Å². The van der Waals surface area contributed by atoms with Crippen molar-refractivity contribution in [2.45, 2.75) is 76.7 Å². The molecule has 2 N–H and O–H groups in total. The van der Waals surface area contributed by atoms with Crippen molar-refractivity contribution in [3.63, 3.8) is 0 Å². The Balaban J connectivity index is 1.03. The van der Waals surface area contributed by atoms with Crippen LogP contribution in [0.5, 0.6) is 0 Å². The standard InChI is InChI=1S/C34H45F3N6O2/c1-32(2,3)41-12-10-40(11-13-41)25-8-9-28(38-21-25)42-14-15-43(27-7-5-4-6-26(27)42)31(45)39-29-23-16-22-17-24(29)20-33(18-22,19-23)30(44)34(35,36)37/h4-9,21-24,29-30,44H,10-20H2,1-3H3,(H,39,45). The molecule has 2 aromatic rings. The lowest BCUT2D eigenvalue weighted by Crippen LogP contribution is -2.64. The van der Waals surface area contributed by atoms with E-state index in [-0.39, 0.29) is 35.4 Å². The summed E-state index contributed by atoms with van der Waals surface area (Å²) in [7, 11) is 0. The summed E-state index contributed by atoms with van der Waals surface area (Å²) < 4.78 is 40.9. The number of fused-ring (bicyclic) bond motifs is 1. The first-order valence-electron chi connectivity index (χ1n) is 16.5. The van der Waals surface area contributed by atoms with Gasteiger partial charge in [0.05, 0.1) is 23.3 Å². The number of hydrogen-bond donors (Lipinski definition) is 2. The molecule has 1 saturated heterocycles. The number of aliphatic hydroxyl groups is 1. The first-order chi connectivity index (χ1) is 21.3. The van der Waals surface area contributed by atoms with Gasteiger partial charge < -0.3 is 20.2 Å². The van der Waals surface area contributed by atoms with E-state index in [4.69, 9.17) is 4.98 Å². The van der Waals surface area contributed by atoms with Crippen molar-refractivity contribution in [1.82, 2.24) is 15.2 Å². The quantitative estimate of drug-likeness (QED) is 0.448. The van der Waals surface area contributed by atoms with Gasteiger partial charge in [-0.05, 0) is 94.9 Å². The summed E-state index contributed by atoms with van der Waals surface area (Å²) in [5.74, 6) is 0.916. The summed E-state index contributed by atoms with van der Waals surface area (Å²) in [6.45, 7) is 11.8. The Kier molecular flexibility index (Phi) is 7.50. The molecule has 4 aliphatic carbocycles. The lowest BCUT2D eigenvalue weighted by molar-refractivity contribution is -0.266. The van der Waals surface area contributed by atoms with Crippen LogP contribution >= 0.6 is 0 Å². The van der Waals surface area contributed by atoms with Gasteiger partial charge in [-0.2, -0.15) is 13.2 Å². The van der Waals surface area contributed by atoms with Crippen LogP contribution in [-0.4, -0.2) is 84.2 Å². The molecule has 3 heterocycles. The second kappa shape index (κ2) is 11.0. The number of benzene rings is 1. The Morgan fingerprint density at radius 1 is 0.933 bits per heavy atom. The number of piperazine rings is 1. The van der Waals surface area contributed by atoms with Crippen LogP contribution in [0.2, 0.25) is 0 Å². The Hall–Kier alpha value is -3.05. The summed E-state index contributed by atoms with van der Waals surface area (Å²) in [5.41, 5.74) is 1.85. The van der Waals surface area contributed by atoms with E-state index in [1.807, 2.05) is 30.5 Å². The first kappa shape index (κ1) is 30.6. The molecule has 244 valence electrons. The van der Waals surface area contributed by atoms with Gasteiger partial charge in [-0.15, -0.1) is 0 Å². The lowest BCUT2D eigenvalue weighted by Gasteiger charge is -2.61. The number of alkyl halides is 3. The van der Waals surface area contributed by atoms with Crippen molar-refractivity contribution in [1.29, 1.82) is 0 Å². The Morgan fingerprint density at radius 3 is 2.20 bits per heavy atom. The molecule has 0 radical (unpaired) electrons. The summed E-state index contributed by atoms with van der Waals surface area (Å²) in [6.07, 6.45) is -2.30. The largest absolute Gasteiger partial charge is 0.414 e. The fourth-order valence-corrected chi connectivity index (χ4v) is 9.40. The van der Waals surface area contributed by atoms with Gasteiger partial charge in [-0.25, -0.2) is 9.78 Å². The van der Waals surface area contributed by atoms with Gasteiger partial charge in [-0.3, -0.25) is 9.80 Å². The Bertz CT molecular complexity index is 1390. The average Bonchev–Trinajstić information content (AvgIpc) is 3.01. The van der Waals surface area contributed by atoms with E-state index in [0.29, 0.717) is 32.4 Å². The molecule has 1 aromatic heterocycles. The highest BCUT2D eigenvalue weighted by atomic mass is 19.4. The van der Waals surface area contributed by atoms with Gasteiger partial charge in [-0.1, -0.05) is 12.1 Å². The number of hydrogen-bond acceptors (Lipinski definition) is 6. The molecule has 0 spiro atoms. The number of carbonyl (C=O) groups is 1. The first-order valence-corrected chi connectivity index (χ1v) is 16.5. The summed E-state index contributed by atoms with van der Waals surface area (Å²) in [6, 6.07) is 11.6. The van der Waals surface area contributed by atoms with E-state index in [1.54, 1.807) is 4.90 Å². The van der Waals surface area contributed by atoms with Gasteiger partial charge in [0.25, 0.3) is 0 Å². The van der Waals surface area contributed by atoms with E-state index >= 15 is 0 Å². The maximum absolute atomic E-state index is 13.8. The molecule has 2 amide bonds. The molecule has 3 unspecified atom stereocenters. The number of anilines is 4. The maximum Gasteiger partial charge on any atom is 0.414 e. The molecule has 5 fully saturated rings. The normalized spacial score (nSPS) is 30.8. The average molecular weight is 627 g/mol. The second-order valence-corrected chi connectivity index (χ2v) is 15.1. The zero-order chi connectivity index (χ0) is 31.7. The van der Waals surface area contributed by atoms with Crippen molar-refractivity contribution in [2.24, 2.45) is 23.2 Å². The summed E-state index contributed by atoms with van der Waals surface area (Å²) in [4.78, 5) is 27.5. The van der Waals surface area contributed by atoms with Gasteiger partial charge in [0.1, 0.15) is 5.82 Å². The molecule has 11 heteroatoms. The minimum atomic E-state index is -4.62. The molecule has 4 bridgehead atoms. The van der Waals surface area contributed by atoms with Crippen molar-refractivity contribution < 1.29 is 23.1 Å². The zero-order valence-corrected chi connectivity index (χ0v) is 26.4. The molecule has 45 heavy (non-hydrogen) atoms. The lowest BCUT2D eigenvalue weighted by atomic mass is 9.46. The number of carbonyl (C=O) groups excluding carboxylic acids is 1. The number of aromatic nitrogens is 1. The third-order valence-electron chi connectivity index (χ3n) is 11.4. The molecule has 2 aliphatic heterocycles. The van der Waals surface area contributed by atoms with Crippen LogP contribution in [0, 0.1) is 23.2 Å². The Morgan fingerprint density at radius 2 is 1.60 bits per heavy atom. The molecule has 3 atom stereocenters. The fraction of sp³-hybridized carbons (Fsp3) is 0.647. The smallest absolute Gasteiger partial charge is 0.383 e. The number of rotatable bonds is 4. The number of aliphatic hydroxyl groups excluding tert-OH is 1. The number of nitrogens with zero attached hydrogens (tertiary/aromatic N) is 5. The monoisotopic (exact) mass is 626 g/mol. The summed E-state index contributed by atoms with van der Waals surface area (Å²) in [5, 5.41) is 13.6. The van der Waals surface area contributed by atoms with E-state index in [0.717, 1.165) is 61.9 Å². The topological polar surface area (TPSA) is 75.2 Å². The van der Waals surface area contributed by atoms with Crippen LogP contribution in [0.3, 0.4) is 0 Å². The molecule has 8 rings (SSSR count). The minimum absolute atomic E-state index is 0.0483. The van der Waals surface area contributed by atoms with Gasteiger partial charge in [0.2, 0.25) is 0 Å². The van der Waals surface area contributed by atoms with E-state index < -0.39 is 17.7 Å². The number of halogens is 3. The molecule has 1 aromatic carbocycles. The fourth-order valence-electron chi connectivity index (χ4n) is 9.40. The van der Waals surface area contributed by atoms with Crippen LogP contribution in [0.25, 0.3) is 0 Å². The third kappa shape index (κ3) is 5.53. The highest BCUT2D eigenvalue weighted by Gasteiger charge is 2.63. The molecule has 6 aliphatic rings. The van der Waals surface area contributed by atoms with E-state index in [2.05, 4.69) is 52.9 Å². The van der Waals surface area contributed by atoms with E-state index in [9.17, 15) is 23.1 Å². The molecular formula is C34H45F3N6O2. The third-order valence-corrected chi connectivity index (χ3v) is 11.4. The number of nitrogens with one attached hydrogen (secondary N) is 1. The number of pyridine rings is 1. The van der Waals surface area contributed by atoms with Crippen molar-refractivity contribution >= 4 is 28.9 Å². The highest BCUT2D eigenvalue weighted by molar-refractivity contribution is 5.98.